The highest BCUT2D eigenvalue weighted by atomic mass is 32.2. The number of hydrogen-bond donors (Lipinski definition) is 2. The molecule has 1 aromatic rings. The molecular weight excluding hydrogens is 358 g/mol. The summed E-state index contributed by atoms with van der Waals surface area (Å²) in [6.45, 7) is 3.35. The van der Waals surface area contributed by atoms with E-state index in [-0.39, 0.29) is 23.1 Å². The van der Waals surface area contributed by atoms with E-state index >= 15 is 0 Å². The minimum absolute atomic E-state index is 0.0981. The van der Waals surface area contributed by atoms with Crippen LogP contribution in [0.25, 0.3) is 0 Å². The van der Waals surface area contributed by atoms with Gasteiger partial charge in [-0.25, -0.2) is 9.59 Å². The Kier molecular flexibility index (Phi) is 8.11. The molecule has 0 spiro atoms. The van der Waals surface area contributed by atoms with Gasteiger partial charge in [0.05, 0.1) is 11.3 Å². The summed E-state index contributed by atoms with van der Waals surface area (Å²) in [6, 6.07) is 5.61. The molecule has 0 radical (unpaired) electrons. The number of benzene rings is 1. The summed E-state index contributed by atoms with van der Waals surface area (Å²) in [5.41, 5.74) is 5.18. The molecule has 0 saturated carbocycles. The van der Waals surface area contributed by atoms with E-state index in [1.54, 1.807) is 52.2 Å². The largest absolute Gasteiger partial charge is 0.448 e. The highest BCUT2D eigenvalue weighted by molar-refractivity contribution is 8.00. The Morgan fingerprint density at radius 2 is 1.81 bits per heavy atom. The Morgan fingerprint density at radius 1 is 1.19 bits per heavy atom. The van der Waals surface area contributed by atoms with E-state index in [1.807, 2.05) is 5.32 Å². The Hall–Kier alpha value is -2.55. The second-order valence-electron chi connectivity index (χ2n) is 6.00. The predicted molar refractivity (Wildman–Crippen MR) is 97.6 cm³/mol. The predicted octanol–water partition coefficient (Wildman–Crippen LogP) is 1.24. The van der Waals surface area contributed by atoms with Gasteiger partial charge in [-0.3, -0.25) is 14.9 Å². The second kappa shape index (κ2) is 9.81. The van der Waals surface area contributed by atoms with Gasteiger partial charge >= 0.3 is 12.0 Å². The molecule has 0 heterocycles. The average Bonchev–Trinajstić information content (AvgIpc) is 2.56. The smallest absolute Gasteiger partial charge is 0.340 e. The summed E-state index contributed by atoms with van der Waals surface area (Å²) in [4.78, 5) is 49.1. The molecule has 0 aliphatic rings. The van der Waals surface area contributed by atoms with E-state index < -0.39 is 24.0 Å². The number of carbonyl (C=O) groups is 4. The van der Waals surface area contributed by atoms with Crippen molar-refractivity contribution in [2.24, 2.45) is 11.7 Å². The third-order valence-electron chi connectivity index (χ3n) is 3.30. The minimum atomic E-state index is -1.17. The van der Waals surface area contributed by atoms with Crippen molar-refractivity contribution in [3.63, 3.8) is 0 Å². The lowest BCUT2D eigenvalue weighted by Gasteiger charge is -2.20. The zero-order valence-electron chi connectivity index (χ0n) is 15.1. The standard InChI is InChI=1S/C17H23N3O5S/c1-10(2)14(15(22)19-17(18)24)25-16(23)11-7-5-6-8-12(11)26-9-13(21)20(3)4/h5-8,10,14H,9H2,1-4H3,(H3,18,19,22,24)/t14-/m1/s1. The van der Waals surface area contributed by atoms with E-state index in [1.165, 1.54) is 16.7 Å². The fraction of sp³-hybridized carbons (Fsp3) is 0.412. The van der Waals surface area contributed by atoms with Crippen LogP contribution in [0.15, 0.2) is 29.2 Å². The Labute approximate surface area is 156 Å². The molecule has 0 unspecified atom stereocenters. The van der Waals surface area contributed by atoms with Crippen LogP contribution in [0.4, 0.5) is 4.79 Å². The van der Waals surface area contributed by atoms with Crippen molar-refractivity contribution in [2.45, 2.75) is 24.8 Å². The molecular formula is C17H23N3O5S. The first kappa shape index (κ1) is 21.5. The van der Waals surface area contributed by atoms with Crippen molar-refractivity contribution < 1.29 is 23.9 Å². The summed E-state index contributed by atoms with van der Waals surface area (Å²) >= 11 is 1.20. The first-order valence-electron chi connectivity index (χ1n) is 7.86. The SMILES string of the molecule is CC(C)[C@@H](OC(=O)c1ccccc1SCC(=O)N(C)C)C(=O)NC(N)=O. The van der Waals surface area contributed by atoms with E-state index in [9.17, 15) is 19.2 Å². The van der Waals surface area contributed by atoms with Gasteiger partial charge in [0, 0.05) is 19.0 Å². The first-order chi connectivity index (χ1) is 12.1. The molecule has 3 N–H and O–H groups in total. The number of urea groups is 1. The van der Waals surface area contributed by atoms with Gasteiger partial charge in [0.15, 0.2) is 6.10 Å². The molecule has 0 saturated heterocycles. The average molecular weight is 381 g/mol. The topological polar surface area (TPSA) is 119 Å². The number of ether oxygens (including phenoxy) is 1. The van der Waals surface area contributed by atoms with Crippen LogP contribution in [-0.4, -0.2) is 54.7 Å². The van der Waals surface area contributed by atoms with E-state index in [2.05, 4.69) is 0 Å². The summed E-state index contributed by atoms with van der Waals surface area (Å²) in [6.07, 6.45) is -1.17. The number of carbonyl (C=O) groups excluding carboxylic acids is 4. The number of nitrogens with zero attached hydrogens (tertiary/aromatic N) is 1. The Bertz CT molecular complexity index is 691. The summed E-state index contributed by atoms with van der Waals surface area (Å²) < 4.78 is 5.29. The molecule has 0 bridgehead atoms. The normalized spacial score (nSPS) is 11.6. The molecule has 1 rings (SSSR count). The molecule has 9 heteroatoms. The zero-order valence-corrected chi connectivity index (χ0v) is 16.0. The number of rotatable bonds is 7. The summed E-state index contributed by atoms with van der Waals surface area (Å²) in [5.74, 6) is -1.81. The quantitative estimate of drug-likeness (QED) is 0.542. The Balaban J connectivity index is 2.93. The molecule has 0 aliphatic heterocycles. The fourth-order valence-corrected chi connectivity index (χ4v) is 2.91. The van der Waals surface area contributed by atoms with Gasteiger partial charge in [0.1, 0.15) is 0 Å². The number of amides is 4. The van der Waals surface area contributed by atoms with Gasteiger partial charge in [-0.2, -0.15) is 0 Å². The number of imide groups is 1. The third kappa shape index (κ3) is 6.40. The van der Waals surface area contributed by atoms with Crippen LogP contribution in [0.2, 0.25) is 0 Å². The molecule has 1 atom stereocenters. The van der Waals surface area contributed by atoms with Gasteiger partial charge in [0.25, 0.3) is 5.91 Å². The maximum absolute atomic E-state index is 12.5. The first-order valence-corrected chi connectivity index (χ1v) is 8.85. The molecule has 4 amide bonds. The van der Waals surface area contributed by atoms with Crippen LogP contribution in [-0.2, 0) is 14.3 Å². The molecule has 26 heavy (non-hydrogen) atoms. The van der Waals surface area contributed by atoms with E-state index in [4.69, 9.17) is 10.5 Å². The highest BCUT2D eigenvalue weighted by Crippen LogP contribution is 2.24. The fourth-order valence-electron chi connectivity index (χ4n) is 1.89. The number of thioether (sulfide) groups is 1. The molecule has 0 fully saturated rings. The van der Waals surface area contributed by atoms with Gasteiger partial charge in [-0.1, -0.05) is 26.0 Å². The number of hydrogen-bond acceptors (Lipinski definition) is 6. The van der Waals surface area contributed by atoms with Crippen molar-refractivity contribution in [1.29, 1.82) is 0 Å². The lowest BCUT2D eigenvalue weighted by atomic mass is 10.1. The van der Waals surface area contributed by atoms with E-state index in [0.29, 0.717) is 4.90 Å². The molecule has 142 valence electrons. The van der Waals surface area contributed by atoms with Crippen LogP contribution in [0.3, 0.4) is 0 Å². The van der Waals surface area contributed by atoms with Crippen molar-refractivity contribution >= 4 is 35.6 Å². The third-order valence-corrected chi connectivity index (χ3v) is 4.36. The number of primary amides is 1. The van der Waals surface area contributed by atoms with Crippen LogP contribution < -0.4 is 11.1 Å². The van der Waals surface area contributed by atoms with Crippen molar-refractivity contribution in [2.75, 3.05) is 19.8 Å². The van der Waals surface area contributed by atoms with Crippen molar-refractivity contribution in [3.05, 3.63) is 29.8 Å². The maximum Gasteiger partial charge on any atom is 0.340 e. The number of nitrogens with one attached hydrogen (secondary N) is 1. The highest BCUT2D eigenvalue weighted by Gasteiger charge is 2.28. The maximum atomic E-state index is 12.5. The lowest BCUT2D eigenvalue weighted by molar-refractivity contribution is -0.131. The van der Waals surface area contributed by atoms with Crippen LogP contribution in [0.1, 0.15) is 24.2 Å². The Morgan fingerprint density at radius 3 is 2.35 bits per heavy atom. The minimum Gasteiger partial charge on any atom is -0.448 e. The second-order valence-corrected chi connectivity index (χ2v) is 7.01. The van der Waals surface area contributed by atoms with Gasteiger partial charge in [-0.15, -0.1) is 11.8 Å². The number of esters is 1. The van der Waals surface area contributed by atoms with Crippen molar-refractivity contribution in [1.82, 2.24) is 10.2 Å². The molecule has 0 aliphatic carbocycles. The van der Waals surface area contributed by atoms with E-state index in [0.717, 1.165) is 0 Å². The molecule has 0 aromatic heterocycles. The van der Waals surface area contributed by atoms with Crippen LogP contribution in [0.5, 0.6) is 0 Å². The van der Waals surface area contributed by atoms with Gasteiger partial charge < -0.3 is 15.4 Å². The summed E-state index contributed by atoms with van der Waals surface area (Å²) in [5, 5.41) is 1.92. The van der Waals surface area contributed by atoms with Crippen LogP contribution >= 0.6 is 11.8 Å². The van der Waals surface area contributed by atoms with Crippen LogP contribution in [0, 0.1) is 5.92 Å². The molecule has 8 nitrogen and oxygen atoms in total. The van der Waals surface area contributed by atoms with Gasteiger partial charge in [0.2, 0.25) is 5.91 Å². The monoisotopic (exact) mass is 381 g/mol. The zero-order chi connectivity index (χ0) is 19.9. The molecule has 1 aromatic carbocycles. The lowest BCUT2D eigenvalue weighted by Crippen LogP contribution is -2.45. The number of nitrogens with two attached hydrogens (primary N) is 1. The van der Waals surface area contributed by atoms with Gasteiger partial charge in [-0.05, 0) is 18.1 Å². The van der Waals surface area contributed by atoms with Crippen molar-refractivity contribution in [3.8, 4) is 0 Å². The summed E-state index contributed by atoms with van der Waals surface area (Å²) in [7, 11) is 3.29.